The summed E-state index contributed by atoms with van der Waals surface area (Å²) in [7, 11) is -3.67. The quantitative estimate of drug-likeness (QED) is 0.382. The summed E-state index contributed by atoms with van der Waals surface area (Å²) in [5.74, 6) is -0.420. The average molecular weight is 580 g/mol. The summed E-state index contributed by atoms with van der Waals surface area (Å²) in [6, 6.07) is 11.2. The highest BCUT2D eigenvalue weighted by atomic mass is 35.5. The second-order valence-electron chi connectivity index (χ2n) is 8.14. The van der Waals surface area contributed by atoms with Crippen molar-refractivity contribution in [3.05, 3.63) is 74.7 Å². The van der Waals surface area contributed by atoms with Crippen LogP contribution in [0.1, 0.15) is 38.6 Å². The molecule has 2 aliphatic heterocycles. The van der Waals surface area contributed by atoms with E-state index in [2.05, 4.69) is 10.3 Å². The van der Waals surface area contributed by atoms with Crippen LogP contribution in [0.4, 0.5) is 11.4 Å². The van der Waals surface area contributed by atoms with Gasteiger partial charge in [-0.05, 0) is 29.8 Å². The molecule has 0 radical (unpaired) electrons. The molecule has 0 bridgehead atoms. The maximum atomic E-state index is 13.0. The maximum absolute atomic E-state index is 13.0. The summed E-state index contributed by atoms with van der Waals surface area (Å²) >= 11 is 7.12. The van der Waals surface area contributed by atoms with Gasteiger partial charge in [-0.1, -0.05) is 31.2 Å². The first-order chi connectivity index (χ1) is 17.5. The second-order valence-corrected chi connectivity index (χ2v) is 11.3. The van der Waals surface area contributed by atoms with Crippen molar-refractivity contribution < 1.29 is 27.3 Å². The normalized spacial score (nSPS) is 14.3. The van der Waals surface area contributed by atoms with Crippen LogP contribution in [0.2, 0.25) is 4.34 Å². The van der Waals surface area contributed by atoms with Gasteiger partial charge in [0, 0.05) is 30.5 Å². The maximum Gasteiger partial charge on any atom is 0.289 e. The minimum atomic E-state index is -3.67. The highest BCUT2D eigenvalue weighted by Crippen LogP contribution is 2.31. The molecule has 11 nitrogen and oxygen atoms in total. The van der Waals surface area contributed by atoms with E-state index in [-0.39, 0.29) is 25.3 Å². The lowest BCUT2D eigenvalue weighted by Gasteiger charge is -2.19. The fraction of sp³-hybridized carbons (Fsp3) is 0.250. The number of aromatic nitrogens is 1. The molecule has 5 rings (SSSR count). The number of ether oxygens (including phenoxy) is 1. The summed E-state index contributed by atoms with van der Waals surface area (Å²) in [6.07, 6.45) is 3.81. The SMILES string of the molecule is C.CS(=O)(=O)O.N=C1OCCN1c1cccc(CN2Cc3c(NC(=O)c4ccc(Cl)s4)cncc3C2=O)c1. The number of benzene rings is 1. The van der Waals surface area contributed by atoms with Gasteiger partial charge in [0.25, 0.3) is 28.0 Å². The topological polar surface area (TPSA) is 153 Å². The Kier molecular flexibility index (Phi) is 9.09. The van der Waals surface area contributed by atoms with E-state index in [1.165, 1.54) is 17.5 Å². The Labute approximate surface area is 229 Å². The number of rotatable bonds is 5. The van der Waals surface area contributed by atoms with Crippen LogP contribution in [-0.2, 0) is 27.9 Å². The molecular formula is C24H26ClN5O6S2. The highest BCUT2D eigenvalue weighted by molar-refractivity contribution is 7.85. The average Bonchev–Trinajstić information content (AvgIpc) is 3.53. The molecule has 3 N–H and O–H groups in total. The third-order valence-corrected chi connectivity index (χ3v) is 6.59. The van der Waals surface area contributed by atoms with Gasteiger partial charge in [0.15, 0.2) is 0 Å². The molecule has 1 aromatic carbocycles. The summed E-state index contributed by atoms with van der Waals surface area (Å²) in [5.41, 5.74) is 3.54. The molecule has 2 aromatic heterocycles. The number of nitrogens with one attached hydrogen (secondary N) is 2. The Hall–Kier alpha value is -3.52. The molecule has 202 valence electrons. The Morgan fingerprint density at radius 2 is 2.03 bits per heavy atom. The predicted octanol–water partition coefficient (Wildman–Crippen LogP) is 4.12. The molecule has 14 heteroatoms. The standard InChI is InChI=1S/C22H18ClN5O3S.CH4O3S.CH4/c23-19-5-4-18(32-19)20(29)26-17-10-25-9-15-16(17)12-27(21(15)30)11-13-2-1-3-14(8-13)28-6-7-31-22(28)24;1-5(2,3)4;/h1-5,8-10,24H,6-7,11-12H2,(H,26,29);1H3,(H,2,3,4);1H4. The van der Waals surface area contributed by atoms with E-state index < -0.39 is 10.1 Å². The van der Waals surface area contributed by atoms with Crippen molar-refractivity contribution in [1.82, 2.24) is 9.88 Å². The van der Waals surface area contributed by atoms with Gasteiger partial charge in [-0.3, -0.25) is 29.4 Å². The fourth-order valence-corrected chi connectivity index (χ4v) is 4.77. The number of thiophene rings is 1. The summed E-state index contributed by atoms with van der Waals surface area (Å²) in [6.45, 7) is 1.88. The third-order valence-electron chi connectivity index (χ3n) is 5.36. The Morgan fingerprint density at radius 3 is 2.66 bits per heavy atom. The molecule has 0 spiro atoms. The minimum Gasteiger partial charge on any atom is -0.463 e. The number of halogens is 1. The van der Waals surface area contributed by atoms with Crippen molar-refractivity contribution in [1.29, 1.82) is 5.41 Å². The number of amidine groups is 1. The Morgan fingerprint density at radius 1 is 1.29 bits per heavy atom. The van der Waals surface area contributed by atoms with Gasteiger partial charge in [-0.15, -0.1) is 11.3 Å². The van der Waals surface area contributed by atoms with Crippen molar-refractivity contribution in [3.63, 3.8) is 0 Å². The number of anilines is 2. The van der Waals surface area contributed by atoms with Crippen molar-refractivity contribution >= 4 is 62.3 Å². The van der Waals surface area contributed by atoms with E-state index in [0.29, 0.717) is 53.0 Å². The molecule has 0 saturated carbocycles. The van der Waals surface area contributed by atoms with Crippen molar-refractivity contribution in [3.8, 4) is 0 Å². The van der Waals surface area contributed by atoms with Gasteiger partial charge in [0.1, 0.15) is 6.61 Å². The van der Waals surface area contributed by atoms with E-state index in [1.54, 1.807) is 28.1 Å². The Balaban J connectivity index is 0.000000612. The van der Waals surface area contributed by atoms with Crippen LogP contribution in [0.3, 0.4) is 0 Å². The molecule has 3 aromatic rings. The molecule has 38 heavy (non-hydrogen) atoms. The van der Waals surface area contributed by atoms with Crippen LogP contribution < -0.4 is 10.2 Å². The van der Waals surface area contributed by atoms with Gasteiger partial charge in [-0.2, -0.15) is 8.42 Å². The van der Waals surface area contributed by atoms with Crippen LogP contribution >= 0.6 is 22.9 Å². The summed E-state index contributed by atoms with van der Waals surface area (Å²) in [4.78, 5) is 33.7. The van der Waals surface area contributed by atoms with Gasteiger partial charge in [-0.25, -0.2) is 0 Å². The lowest BCUT2D eigenvalue weighted by atomic mass is 10.1. The first kappa shape index (κ1) is 29.0. The molecule has 0 aliphatic carbocycles. The van der Waals surface area contributed by atoms with Crippen LogP contribution in [0.5, 0.6) is 0 Å². The number of fused-ring (bicyclic) bond motifs is 1. The number of hydrogen-bond donors (Lipinski definition) is 3. The summed E-state index contributed by atoms with van der Waals surface area (Å²) in [5, 5.41) is 10.7. The first-order valence-electron chi connectivity index (χ1n) is 10.8. The lowest BCUT2D eigenvalue weighted by Crippen LogP contribution is -2.25. The number of pyridine rings is 1. The van der Waals surface area contributed by atoms with Gasteiger partial charge < -0.3 is 15.0 Å². The number of nitrogens with zero attached hydrogens (tertiary/aromatic N) is 3. The predicted molar refractivity (Wildman–Crippen MR) is 147 cm³/mol. The van der Waals surface area contributed by atoms with Gasteiger partial charge in [0.2, 0.25) is 0 Å². The molecule has 4 heterocycles. The number of carbonyl (C=O) groups is 2. The largest absolute Gasteiger partial charge is 0.463 e. The molecule has 1 fully saturated rings. The highest BCUT2D eigenvalue weighted by Gasteiger charge is 2.31. The van der Waals surface area contributed by atoms with Crippen molar-refractivity contribution in [2.24, 2.45) is 0 Å². The second kappa shape index (κ2) is 11.9. The van der Waals surface area contributed by atoms with Crippen LogP contribution in [0.15, 0.2) is 48.8 Å². The van der Waals surface area contributed by atoms with Gasteiger partial charge >= 0.3 is 0 Å². The zero-order valence-electron chi connectivity index (χ0n) is 19.5. The molecule has 0 unspecified atom stereocenters. The van der Waals surface area contributed by atoms with Gasteiger partial charge in [0.05, 0.1) is 39.5 Å². The molecule has 1 saturated heterocycles. The number of hydrogen-bond acceptors (Lipinski definition) is 8. The van der Waals surface area contributed by atoms with Crippen LogP contribution in [-0.4, -0.2) is 60.1 Å². The van der Waals surface area contributed by atoms with Crippen molar-refractivity contribution in [2.45, 2.75) is 20.5 Å². The molecule has 0 atom stereocenters. The monoisotopic (exact) mass is 579 g/mol. The summed E-state index contributed by atoms with van der Waals surface area (Å²) < 4.78 is 31.6. The first-order valence-corrected chi connectivity index (χ1v) is 13.9. The third kappa shape index (κ3) is 7.07. The zero-order chi connectivity index (χ0) is 26.7. The number of amides is 2. The minimum absolute atomic E-state index is 0. The van der Waals surface area contributed by atoms with Crippen molar-refractivity contribution in [2.75, 3.05) is 29.6 Å². The molecule has 2 aliphatic rings. The van der Waals surface area contributed by atoms with E-state index in [1.807, 2.05) is 24.3 Å². The molecular weight excluding hydrogens is 554 g/mol. The van der Waals surface area contributed by atoms with E-state index in [4.69, 9.17) is 26.3 Å². The smallest absolute Gasteiger partial charge is 0.289 e. The zero-order valence-corrected chi connectivity index (χ0v) is 21.9. The van der Waals surface area contributed by atoms with Crippen LogP contribution in [0, 0.1) is 5.41 Å². The van der Waals surface area contributed by atoms with Crippen LogP contribution in [0.25, 0.3) is 0 Å². The van der Waals surface area contributed by atoms with E-state index >= 15 is 0 Å². The number of carbonyl (C=O) groups excluding carboxylic acids is 2. The Bertz CT molecular complexity index is 1470. The van der Waals surface area contributed by atoms with E-state index in [0.717, 1.165) is 16.8 Å². The molecule has 2 amide bonds. The lowest BCUT2D eigenvalue weighted by molar-refractivity contribution is 0.0766. The fourth-order valence-electron chi connectivity index (χ4n) is 3.83. The van der Waals surface area contributed by atoms with E-state index in [9.17, 15) is 18.0 Å².